The number of aryl methyl sites for hydroxylation is 1. The van der Waals surface area contributed by atoms with E-state index in [2.05, 4.69) is 4.98 Å². The van der Waals surface area contributed by atoms with Crippen LogP contribution in [-0.4, -0.2) is 16.7 Å². The van der Waals surface area contributed by atoms with Crippen LogP contribution >= 0.6 is 0 Å². The largest absolute Gasteiger partial charge is 0.396 e. The molecule has 1 heterocycles. The van der Waals surface area contributed by atoms with E-state index in [0.29, 0.717) is 5.82 Å². The van der Waals surface area contributed by atoms with Gasteiger partial charge in [-0.2, -0.15) is 0 Å². The van der Waals surface area contributed by atoms with Gasteiger partial charge >= 0.3 is 0 Å². The van der Waals surface area contributed by atoms with E-state index in [1.807, 2.05) is 13.0 Å². The van der Waals surface area contributed by atoms with Gasteiger partial charge in [-0.1, -0.05) is 0 Å². The fourth-order valence-corrected chi connectivity index (χ4v) is 1.19. The minimum absolute atomic E-state index is 0.202. The molecule has 0 aliphatic heterocycles. The Morgan fingerprint density at radius 3 is 2.92 bits per heavy atom. The Morgan fingerprint density at radius 1 is 1.58 bits per heavy atom. The maximum absolute atomic E-state index is 8.65. The van der Waals surface area contributed by atoms with Crippen LogP contribution in [0.15, 0.2) is 12.3 Å². The van der Waals surface area contributed by atoms with Gasteiger partial charge in [0.05, 0.1) is 0 Å². The number of hydrogen-bond donors (Lipinski definition) is 2. The summed E-state index contributed by atoms with van der Waals surface area (Å²) in [5, 5.41) is 8.65. The van der Waals surface area contributed by atoms with Crippen LogP contribution in [0.25, 0.3) is 0 Å². The first-order valence-corrected chi connectivity index (χ1v) is 4.06. The van der Waals surface area contributed by atoms with Gasteiger partial charge in [0, 0.05) is 12.8 Å². The molecule has 3 N–H and O–H groups in total. The van der Waals surface area contributed by atoms with E-state index < -0.39 is 0 Å². The zero-order valence-electron chi connectivity index (χ0n) is 7.25. The van der Waals surface area contributed by atoms with Crippen LogP contribution in [0.1, 0.15) is 17.5 Å². The van der Waals surface area contributed by atoms with Crippen LogP contribution in [0.4, 0.5) is 5.82 Å². The first-order valence-electron chi connectivity index (χ1n) is 4.06. The molecular formula is C9H14N2O. The number of pyridine rings is 1. The standard InChI is InChI=1S/C9H14N2O/c1-7-4-5-11-9(10)8(7)3-2-6-12/h4-5,12H,2-3,6H2,1H3,(H2,10,11). The Bertz CT molecular complexity index is 240. The maximum atomic E-state index is 8.65. The Balaban J connectivity index is 2.81. The quantitative estimate of drug-likeness (QED) is 0.701. The number of rotatable bonds is 3. The molecule has 0 fully saturated rings. The molecule has 0 saturated heterocycles. The van der Waals surface area contributed by atoms with E-state index in [9.17, 15) is 0 Å². The Kier molecular flexibility index (Phi) is 3.05. The van der Waals surface area contributed by atoms with Crippen molar-refractivity contribution in [2.45, 2.75) is 19.8 Å². The summed E-state index contributed by atoms with van der Waals surface area (Å²) in [6.45, 7) is 2.21. The lowest BCUT2D eigenvalue weighted by Crippen LogP contribution is -2.01. The van der Waals surface area contributed by atoms with Crippen LogP contribution in [0.3, 0.4) is 0 Å². The molecule has 0 amide bonds. The Labute approximate surface area is 72.2 Å². The molecule has 0 unspecified atom stereocenters. The molecule has 12 heavy (non-hydrogen) atoms. The normalized spacial score (nSPS) is 10.2. The average Bonchev–Trinajstić information content (AvgIpc) is 2.04. The predicted octanol–water partition coefficient (Wildman–Crippen LogP) is 0.897. The van der Waals surface area contributed by atoms with E-state index in [1.165, 1.54) is 0 Å². The molecule has 1 aromatic rings. The molecule has 0 aliphatic rings. The van der Waals surface area contributed by atoms with Gasteiger partial charge in [0.2, 0.25) is 0 Å². The fraction of sp³-hybridized carbons (Fsp3) is 0.444. The van der Waals surface area contributed by atoms with Crippen molar-refractivity contribution in [2.24, 2.45) is 0 Å². The number of aliphatic hydroxyl groups is 1. The highest BCUT2D eigenvalue weighted by molar-refractivity contribution is 5.43. The van der Waals surface area contributed by atoms with Crippen LogP contribution in [0, 0.1) is 6.92 Å². The zero-order chi connectivity index (χ0) is 8.97. The second-order valence-corrected chi connectivity index (χ2v) is 2.82. The maximum Gasteiger partial charge on any atom is 0.126 e. The number of aliphatic hydroxyl groups excluding tert-OH is 1. The average molecular weight is 166 g/mol. The highest BCUT2D eigenvalue weighted by Gasteiger charge is 2.02. The molecule has 0 aromatic carbocycles. The van der Waals surface area contributed by atoms with Crippen LogP contribution in [0.2, 0.25) is 0 Å². The number of nitrogens with zero attached hydrogens (tertiary/aromatic N) is 1. The van der Waals surface area contributed by atoms with Gasteiger partial charge in [0.1, 0.15) is 5.82 Å². The van der Waals surface area contributed by atoms with Crippen molar-refractivity contribution in [3.05, 3.63) is 23.4 Å². The SMILES string of the molecule is Cc1ccnc(N)c1CCCO. The molecule has 0 saturated carbocycles. The fourth-order valence-electron chi connectivity index (χ4n) is 1.19. The molecule has 0 spiro atoms. The Hall–Kier alpha value is -1.09. The first kappa shape index (κ1) is 9.00. The minimum atomic E-state index is 0.202. The molecule has 66 valence electrons. The van der Waals surface area contributed by atoms with Crippen molar-refractivity contribution < 1.29 is 5.11 Å². The molecule has 0 bridgehead atoms. The van der Waals surface area contributed by atoms with Gasteiger partial charge in [0.15, 0.2) is 0 Å². The van der Waals surface area contributed by atoms with Gasteiger partial charge in [-0.15, -0.1) is 0 Å². The highest BCUT2D eigenvalue weighted by atomic mass is 16.2. The monoisotopic (exact) mass is 166 g/mol. The lowest BCUT2D eigenvalue weighted by atomic mass is 10.1. The van der Waals surface area contributed by atoms with Crippen LogP contribution in [-0.2, 0) is 6.42 Å². The highest BCUT2D eigenvalue weighted by Crippen LogP contribution is 2.14. The van der Waals surface area contributed by atoms with Crippen LogP contribution in [0.5, 0.6) is 0 Å². The third kappa shape index (κ3) is 1.95. The minimum Gasteiger partial charge on any atom is -0.396 e. The topological polar surface area (TPSA) is 59.1 Å². The summed E-state index contributed by atoms with van der Waals surface area (Å²) in [6.07, 6.45) is 3.26. The second kappa shape index (κ2) is 4.07. The number of aromatic nitrogens is 1. The van der Waals surface area contributed by atoms with Crippen molar-refractivity contribution in [1.29, 1.82) is 0 Å². The van der Waals surface area contributed by atoms with Gasteiger partial charge in [0.25, 0.3) is 0 Å². The van der Waals surface area contributed by atoms with Crippen molar-refractivity contribution in [3.63, 3.8) is 0 Å². The summed E-state index contributed by atoms with van der Waals surface area (Å²) in [5.41, 5.74) is 7.88. The number of hydrogen-bond acceptors (Lipinski definition) is 3. The van der Waals surface area contributed by atoms with Crippen molar-refractivity contribution in [2.75, 3.05) is 12.3 Å². The number of anilines is 1. The summed E-state index contributed by atoms with van der Waals surface area (Å²) in [5.74, 6) is 0.587. The zero-order valence-corrected chi connectivity index (χ0v) is 7.25. The summed E-state index contributed by atoms with van der Waals surface area (Å²) in [6, 6.07) is 1.93. The lowest BCUT2D eigenvalue weighted by molar-refractivity contribution is 0.288. The third-order valence-corrected chi connectivity index (χ3v) is 1.91. The number of nitrogen functional groups attached to an aromatic ring is 1. The summed E-state index contributed by atoms with van der Waals surface area (Å²) in [4.78, 5) is 3.99. The van der Waals surface area contributed by atoms with E-state index in [4.69, 9.17) is 10.8 Å². The van der Waals surface area contributed by atoms with Gasteiger partial charge in [-0.3, -0.25) is 0 Å². The third-order valence-electron chi connectivity index (χ3n) is 1.91. The molecule has 1 rings (SSSR count). The van der Waals surface area contributed by atoms with Crippen LogP contribution < -0.4 is 5.73 Å². The molecule has 1 aromatic heterocycles. The molecule has 3 nitrogen and oxygen atoms in total. The molecular weight excluding hydrogens is 152 g/mol. The molecule has 0 radical (unpaired) electrons. The van der Waals surface area contributed by atoms with E-state index in [1.54, 1.807) is 6.20 Å². The lowest BCUT2D eigenvalue weighted by Gasteiger charge is -2.06. The van der Waals surface area contributed by atoms with Gasteiger partial charge < -0.3 is 10.8 Å². The van der Waals surface area contributed by atoms with E-state index in [-0.39, 0.29) is 6.61 Å². The van der Waals surface area contributed by atoms with Crippen molar-refractivity contribution >= 4 is 5.82 Å². The van der Waals surface area contributed by atoms with Gasteiger partial charge in [-0.05, 0) is 37.0 Å². The summed E-state index contributed by atoms with van der Waals surface area (Å²) < 4.78 is 0. The Morgan fingerprint density at radius 2 is 2.33 bits per heavy atom. The molecule has 0 atom stereocenters. The summed E-state index contributed by atoms with van der Waals surface area (Å²) in [7, 11) is 0. The first-order chi connectivity index (χ1) is 5.75. The number of nitrogens with two attached hydrogens (primary N) is 1. The van der Waals surface area contributed by atoms with Crippen molar-refractivity contribution in [1.82, 2.24) is 4.98 Å². The smallest absolute Gasteiger partial charge is 0.126 e. The molecule has 3 heteroatoms. The predicted molar refractivity (Wildman–Crippen MR) is 48.8 cm³/mol. The van der Waals surface area contributed by atoms with Gasteiger partial charge in [-0.25, -0.2) is 4.98 Å². The molecule has 0 aliphatic carbocycles. The second-order valence-electron chi connectivity index (χ2n) is 2.82. The van der Waals surface area contributed by atoms with E-state index >= 15 is 0 Å². The van der Waals surface area contributed by atoms with E-state index in [0.717, 1.165) is 24.0 Å². The summed E-state index contributed by atoms with van der Waals surface area (Å²) >= 11 is 0. The van der Waals surface area contributed by atoms with Crippen molar-refractivity contribution in [3.8, 4) is 0 Å².